The molecule has 1 atom stereocenters. The summed E-state index contributed by atoms with van der Waals surface area (Å²) in [6.07, 6.45) is 3.63. The van der Waals surface area contributed by atoms with Crippen molar-refractivity contribution in [1.29, 1.82) is 0 Å². The third-order valence-corrected chi connectivity index (χ3v) is 2.97. The normalized spacial score (nSPS) is 22.8. The van der Waals surface area contributed by atoms with Crippen molar-refractivity contribution in [2.45, 2.75) is 25.4 Å². The zero-order valence-corrected chi connectivity index (χ0v) is 10.6. The SMILES string of the molecule is COC(=O)c1nccc(NCC2(C)CCCO2)n1. The number of carbonyl (C=O) groups is 1. The van der Waals surface area contributed by atoms with Gasteiger partial charge in [-0.1, -0.05) is 0 Å². The van der Waals surface area contributed by atoms with Crippen molar-refractivity contribution >= 4 is 11.8 Å². The van der Waals surface area contributed by atoms with Gasteiger partial charge in [0.2, 0.25) is 5.82 Å². The Morgan fingerprint density at radius 1 is 1.67 bits per heavy atom. The van der Waals surface area contributed by atoms with Crippen LogP contribution in [0.2, 0.25) is 0 Å². The average Bonchev–Trinajstić information content (AvgIpc) is 2.83. The molecule has 18 heavy (non-hydrogen) atoms. The topological polar surface area (TPSA) is 73.3 Å². The van der Waals surface area contributed by atoms with Crippen molar-refractivity contribution in [3.63, 3.8) is 0 Å². The van der Waals surface area contributed by atoms with Crippen molar-refractivity contribution in [2.24, 2.45) is 0 Å². The van der Waals surface area contributed by atoms with Crippen molar-refractivity contribution in [2.75, 3.05) is 25.6 Å². The van der Waals surface area contributed by atoms with Crippen LogP contribution in [0.15, 0.2) is 12.3 Å². The van der Waals surface area contributed by atoms with Crippen molar-refractivity contribution in [3.05, 3.63) is 18.1 Å². The standard InChI is InChI=1S/C12H17N3O3/c1-12(5-3-7-18-12)8-14-9-4-6-13-10(15-9)11(16)17-2/h4,6H,3,5,7-8H2,1-2H3,(H,13,14,15). The number of esters is 1. The van der Waals surface area contributed by atoms with E-state index in [1.165, 1.54) is 13.3 Å². The zero-order valence-electron chi connectivity index (χ0n) is 10.6. The summed E-state index contributed by atoms with van der Waals surface area (Å²) in [7, 11) is 1.30. The monoisotopic (exact) mass is 251 g/mol. The predicted octanol–water partition coefficient (Wildman–Crippen LogP) is 1.24. The van der Waals surface area contributed by atoms with E-state index < -0.39 is 5.97 Å². The van der Waals surface area contributed by atoms with Gasteiger partial charge in [0, 0.05) is 19.3 Å². The first-order chi connectivity index (χ1) is 8.63. The van der Waals surface area contributed by atoms with E-state index in [0.29, 0.717) is 12.4 Å². The van der Waals surface area contributed by atoms with Crippen LogP contribution in [-0.2, 0) is 9.47 Å². The molecule has 1 saturated heterocycles. The van der Waals surface area contributed by atoms with Crippen LogP contribution in [0.4, 0.5) is 5.82 Å². The highest BCUT2D eigenvalue weighted by Gasteiger charge is 2.29. The number of rotatable bonds is 4. The van der Waals surface area contributed by atoms with Crippen LogP contribution in [0.1, 0.15) is 30.4 Å². The first-order valence-corrected chi connectivity index (χ1v) is 5.92. The summed E-state index contributed by atoms with van der Waals surface area (Å²) in [6, 6.07) is 1.71. The number of carbonyl (C=O) groups excluding carboxylic acids is 1. The molecule has 6 nitrogen and oxygen atoms in total. The maximum Gasteiger partial charge on any atom is 0.376 e. The van der Waals surface area contributed by atoms with Crippen LogP contribution < -0.4 is 5.32 Å². The van der Waals surface area contributed by atoms with Gasteiger partial charge in [0.25, 0.3) is 0 Å². The van der Waals surface area contributed by atoms with Gasteiger partial charge in [-0.05, 0) is 25.8 Å². The summed E-state index contributed by atoms with van der Waals surface area (Å²) in [5.74, 6) is 0.115. The van der Waals surface area contributed by atoms with Gasteiger partial charge in [0.1, 0.15) is 5.82 Å². The maximum absolute atomic E-state index is 11.3. The van der Waals surface area contributed by atoms with Gasteiger partial charge in [-0.3, -0.25) is 0 Å². The second-order valence-electron chi connectivity index (χ2n) is 4.51. The molecule has 0 bridgehead atoms. The lowest BCUT2D eigenvalue weighted by molar-refractivity contribution is 0.0315. The lowest BCUT2D eigenvalue weighted by Gasteiger charge is -2.23. The lowest BCUT2D eigenvalue weighted by atomic mass is 10.0. The molecular weight excluding hydrogens is 234 g/mol. The molecule has 0 amide bonds. The van der Waals surface area contributed by atoms with Gasteiger partial charge in [-0.15, -0.1) is 0 Å². The van der Waals surface area contributed by atoms with E-state index in [1.807, 2.05) is 0 Å². The van der Waals surface area contributed by atoms with E-state index in [0.717, 1.165) is 19.4 Å². The van der Waals surface area contributed by atoms with Crippen LogP contribution in [0.3, 0.4) is 0 Å². The number of ether oxygens (including phenoxy) is 2. The van der Waals surface area contributed by atoms with Crippen molar-refractivity contribution in [3.8, 4) is 0 Å². The number of nitrogens with zero attached hydrogens (tertiary/aromatic N) is 2. The highest BCUT2D eigenvalue weighted by atomic mass is 16.5. The number of methoxy groups -OCH3 is 1. The summed E-state index contributed by atoms with van der Waals surface area (Å²) in [5.41, 5.74) is -0.156. The molecule has 1 aliphatic heterocycles. The number of anilines is 1. The molecule has 1 aromatic rings. The molecule has 98 valence electrons. The predicted molar refractivity (Wildman–Crippen MR) is 65.5 cm³/mol. The number of nitrogens with one attached hydrogen (secondary N) is 1. The molecule has 1 aromatic heterocycles. The third kappa shape index (κ3) is 2.95. The minimum atomic E-state index is -0.540. The highest BCUT2D eigenvalue weighted by molar-refractivity contribution is 5.85. The lowest BCUT2D eigenvalue weighted by Crippen LogP contribution is -2.32. The van der Waals surface area contributed by atoms with Crippen LogP contribution in [0, 0.1) is 0 Å². The maximum atomic E-state index is 11.3. The fourth-order valence-electron chi connectivity index (χ4n) is 1.90. The first-order valence-electron chi connectivity index (χ1n) is 5.92. The molecule has 1 N–H and O–H groups in total. The number of aromatic nitrogens is 2. The van der Waals surface area contributed by atoms with Crippen LogP contribution in [-0.4, -0.2) is 41.8 Å². The quantitative estimate of drug-likeness (QED) is 0.812. The Morgan fingerprint density at radius 3 is 3.17 bits per heavy atom. The first kappa shape index (κ1) is 12.8. The summed E-state index contributed by atoms with van der Waals surface area (Å²) in [6.45, 7) is 3.52. The van der Waals surface area contributed by atoms with E-state index in [2.05, 4.69) is 26.9 Å². The Bertz CT molecular complexity index is 430. The summed E-state index contributed by atoms with van der Waals surface area (Å²) >= 11 is 0. The highest BCUT2D eigenvalue weighted by Crippen LogP contribution is 2.25. The Balaban J connectivity index is 1.99. The van der Waals surface area contributed by atoms with Gasteiger partial charge in [0.15, 0.2) is 0 Å². The summed E-state index contributed by atoms with van der Waals surface area (Å²) in [5, 5.41) is 3.16. The molecule has 1 aliphatic rings. The molecule has 0 saturated carbocycles. The Labute approximate surface area is 106 Å². The Hall–Kier alpha value is -1.69. The van der Waals surface area contributed by atoms with Gasteiger partial charge in [-0.2, -0.15) is 0 Å². The minimum Gasteiger partial charge on any atom is -0.463 e. The van der Waals surface area contributed by atoms with Crippen molar-refractivity contribution < 1.29 is 14.3 Å². The summed E-state index contributed by atoms with van der Waals surface area (Å²) < 4.78 is 10.2. The molecule has 1 fully saturated rings. The third-order valence-electron chi connectivity index (χ3n) is 2.97. The molecule has 2 rings (SSSR count). The second kappa shape index (κ2) is 5.30. The molecular formula is C12H17N3O3. The molecule has 6 heteroatoms. The fourth-order valence-corrected chi connectivity index (χ4v) is 1.90. The van der Waals surface area contributed by atoms with Crippen molar-refractivity contribution in [1.82, 2.24) is 9.97 Å². The minimum absolute atomic E-state index is 0.0555. The van der Waals surface area contributed by atoms with Gasteiger partial charge in [0.05, 0.1) is 12.7 Å². The number of hydrogen-bond donors (Lipinski definition) is 1. The largest absolute Gasteiger partial charge is 0.463 e. The molecule has 0 aliphatic carbocycles. The van der Waals surface area contributed by atoms with Gasteiger partial charge < -0.3 is 14.8 Å². The molecule has 0 aromatic carbocycles. The molecule has 1 unspecified atom stereocenters. The van der Waals surface area contributed by atoms with Gasteiger partial charge in [-0.25, -0.2) is 14.8 Å². The molecule has 2 heterocycles. The van der Waals surface area contributed by atoms with E-state index in [4.69, 9.17) is 4.74 Å². The van der Waals surface area contributed by atoms with Crippen LogP contribution in [0.25, 0.3) is 0 Å². The zero-order chi connectivity index (χ0) is 13.0. The average molecular weight is 251 g/mol. The van der Waals surface area contributed by atoms with E-state index in [9.17, 15) is 4.79 Å². The van der Waals surface area contributed by atoms with E-state index in [1.54, 1.807) is 6.07 Å². The van der Waals surface area contributed by atoms with E-state index in [-0.39, 0.29) is 11.4 Å². The smallest absolute Gasteiger partial charge is 0.376 e. The molecule has 0 spiro atoms. The van der Waals surface area contributed by atoms with E-state index >= 15 is 0 Å². The van der Waals surface area contributed by atoms with Crippen LogP contribution >= 0.6 is 0 Å². The fraction of sp³-hybridized carbons (Fsp3) is 0.583. The summed E-state index contributed by atoms with van der Waals surface area (Å²) in [4.78, 5) is 19.2. The Kier molecular flexibility index (Phi) is 3.76. The van der Waals surface area contributed by atoms with Gasteiger partial charge >= 0.3 is 5.97 Å². The molecule has 0 radical (unpaired) electrons. The second-order valence-corrected chi connectivity index (χ2v) is 4.51. The number of hydrogen-bond acceptors (Lipinski definition) is 6. The Morgan fingerprint density at radius 2 is 2.50 bits per heavy atom. The van der Waals surface area contributed by atoms with Crippen LogP contribution in [0.5, 0.6) is 0 Å².